The van der Waals surface area contributed by atoms with Crippen molar-refractivity contribution in [3.05, 3.63) is 0 Å². The second-order valence-electron chi connectivity index (χ2n) is 2.69. The molecule has 5 heteroatoms. The molecule has 2 N–H and O–H groups in total. The second-order valence-corrected chi connectivity index (χ2v) is 2.69. The molecule has 0 amide bonds. The molecule has 1 aliphatic rings. The van der Waals surface area contributed by atoms with Gasteiger partial charge in [0.25, 0.3) is 0 Å². The normalized spacial score (nSPS) is 43.0. The van der Waals surface area contributed by atoms with Gasteiger partial charge in [-0.25, -0.2) is 0 Å². The van der Waals surface area contributed by atoms with Crippen LogP contribution in [-0.2, 0) is 14.2 Å². The topological polar surface area (TPSA) is 68.2 Å². The van der Waals surface area contributed by atoms with Crippen molar-refractivity contribution in [2.45, 2.75) is 24.6 Å². The Morgan fingerprint density at radius 2 is 1.92 bits per heavy atom. The van der Waals surface area contributed by atoms with Crippen LogP contribution in [0.15, 0.2) is 0 Å². The summed E-state index contributed by atoms with van der Waals surface area (Å²) in [6, 6.07) is 0. The molecule has 1 aliphatic heterocycles. The monoisotopic (exact) mass is 178 g/mol. The third-order valence-electron chi connectivity index (χ3n) is 2.00. The van der Waals surface area contributed by atoms with Crippen LogP contribution in [0.3, 0.4) is 0 Å². The van der Waals surface area contributed by atoms with Crippen molar-refractivity contribution >= 4 is 0 Å². The number of methoxy groups -OCH3 is 2. The fraction of sp³-hybridized carbons (Fsp3) is 1.00. The largest absolute Gasteiger partial charge is 0.387 e. The van der Waals surface area contributed by atoms with Gasteiger partial charge in [0, 0.05) is 14.2 Å². The molecule has 0 aromatic carbocycles. The Kier molecular flexibility index (Phi) is 3.42. The van der Waals surface area contributed by atoms with Gasteiger partial charge in [-0.15, -0.1) is 0 Å². The van der Waals surface area contributed by atoms with Crippen molar-refractivity contribution in [1.82, 2.24) is 0 Å². The van der Waals surface area contributed by atoms with Crippen molar-refractivity contribution < 1.29 is 24.4 Å². The molecule has 0 spiro atoms. The molecular weight excluding hydrogens is 164 g/mol. The average Bonchev–Trinajstić information content (AvgIpc) is 2.06. The summed E-state index contributed by atoms with van der Waals surface area (Å²) in [6.45, 7) is 0.179. The van der Waals surface area contributed by atoms with Gasteiger partial charge in [0.1, 0.15) is 18.3 Å². The van der Waals surface area contributed by atoms with Gasteiger partial charge in [-0.1, -0.05) is 0 Å². The Morgan fingerprint density at radius 3 is 2.42 bits per heavy atom. The van der Waals surface area contributed by atoms with E-state index in [0.29, 0.717) is 0 Å². The standard InChI is InChI=1S/C7H14O5/c1-10-4-3-12-7(9)6(11-2)5(4)8/h4-9H,3H2,1-2H3/t4-,5-,6-,7-/m0/s1. The Labute approximate surface area is 70.9 Å². The minimum absolute atomic E-state index is 0.179. The lowest BCUT2D eigenvalue weighted by Gasteiger charge is -2.36. The summed E-state index contributed by atoms with van der Waals surface area (Å²) in [4.78, 5) is 0. The third kappa shape index (κ3) is 1.75. The highest BCUT2D eigenvalue weighted by atomic mass is 16.7. The predicted molar refractivity (Wildman–Crippen MR) is 39.6 cm³/mol. The maximum atomic E-state index is 9.51. The smallest absolute Gasteiger partial charge is 0.183 e. The summed E-state index contributed by atoms with van der Waals surface area (Å²) < 4.78 is 14.7. The molecule has 0 radical (unpaired) electrons. The fourth-order valence-electron chi connectivity index (χ4n) is 1.23. The van der Waals surface area contributed by atoms with E-state index >= 15 is 0 Å². The van der Waals surface area contributed by atoms with Crippen LogP contribution < -0.4 is 0 Å². The second kappa shape index (κ2) is 4.15. The van der Waals surface area contributed by atoms with Crippen LogP contribution in [0, 0.1) is 0 Å². The molecule has 1 fully saturated rings. The first-order chi connectivity index (χ1) is 5.70. The summed E-state index contributed by atoms with van der Waals surface area (Å²) in [5.41, 5.74) is 0. The quantitative estimate of drug-likeness (QED) is 0.551. The van der Waals surface area contributed by atoms with Crippen LogP contribution in [0.2, 0.25) is 0 Å². The van der Waals surface area contributed by atoms with Crippen LogP contribution in [0.1, 0.15) is 0 Å². The molecule has 4 atom stereocenters. The zero-order chi connectivity index (χ0) is 9.14. The molecule has 5 nitrogen and oxygen atoms in total. The Balaban J connectivity index is 2.56. The number of aliphatic hydroxyl groups excluding tert-OH is 2. The highest BCUT2D eigenvalue weighted by molar-refractivity contribution is 4.83. The summed E-state index contributed by atoms with van der Waals surface area (Å²) in [5.74, 6) is 0. The average molecular weight is 178 g/mol. The van der Waals surface area contributed by atoms with Gasteiger partial charge in [-0.3, -0.25) is 0 Å². The highest BCUT2D eigenvalue weighted by Gasteiger charge is 2.38. The number of hydrogen-bond acceptors (Lipinski definition) is 5. The van der Waals surface area contributed by atoms with Gasteiger partial charge in [0.15, 0.2) is 6.29 Å². The lowest BCUT2D eigenvalue weighted by molar-refractivity contribution is -0.262. The first-order valence-electron chi connectivity index (χ1n) is 3.74. The number of aliphatic hydroxyl groups is 2. The summed E-state index contributed by atoms with van der Waals surface area (Å²) >= 11 is 0. The fourth-order valence-corrected chi connectivity index (χ4v) is 1.23. The van der Waals surface area contributed by atoms with Gasteiger partial charge in [0.2, 0.25) is 0 Å². The summed E-state index contributed by atoms with van der Waals surface area (Å²) in [5, 5.41) is 18.7. The zero-order valence-electron chi connectivity index (χ0n) is 7.14. The van der Waals surface area contributed by atoms with Gasteiger partial charge in [-0.05, 0) is 0 Å². The molecule has 0 aliphatic carbocycles. The van der Waals surface area contributed by atoms with E-state index in [4.69, 9.17) is 14.2 Å². The lowest BCUT2D eigenvalue weighted by atomic mass is 10.1. The third-order valence-corrected chi connectivity index (χ3v) is 2.00. The Morgan fingerprint density at radius 1 is 1.25 bits per heavy atom. The molecule has 0 saturated carbocycles. The summed E-state index contributed by atoms with van der Waals surface area (Å²) in [6.07, 6.45) is -3.08. The van der Waals surface area contributed by atoms with Gasteiger partial charge in [-0.2, -0.15) is 0 Å². The Bertz CT molecular complexity index is 140. The number of rotatable bonds is 2. The van der Waals surface area contributed by atoms with E-state index in [0.717, 1.165) is 0 Å². The van der Waals surface area contributed by atoms with Crippen molar-refractivity contribution in [2.24, 2.45) is 0 Å². The first-order valence-corrected chi connectivity index (χ1v) is 3.74. The van der Waals surface area contributed by atoms with Crippen molar-refractivity contribution in [3.8, 4) is 0 Å². The first kappa shape index (κ1) is 9.88. The molecular formula is C7H14O5. The van der Waals surface area contributed by atoms with Gasteiger partial charge < -0.3 is 24.4 Å². The molecule has 12 heavy (non-hydrogen) atoms. The Hall–Kier alpha value is -0.200. The molecule has 1 heterocycles. The minimum Gasteiger partial charge on any atom is -0.387 e. The van der Waals surface area contributed by atoms with Gasteiger partial charge >= 0.3 is 0 Å². The maximum Gasteiger partial charge on any atom is 0.183 e. The SMILES string of the molecule is CO[C@H]1[C@@H](O)[C@@H](OC)CO[C@@H]1O. The van der Waals surface area contributed by atoms with Gasteiger partial charge in [0.05, 0.1) is 6.61 Å². The molecule has 0 unspecified atom stereocenters. The lowest BCUT2D eigenvalue weighted by Crippen LogP contribution is -2.54. The van der Waals surface area contributed by atoms with E-state index in [1.165, 1.54) is 14.2 Å². The van der Waals surface area contributed by atoms with E-state index in [-0.39, 0.29) is 6.61 Å². The molecule has 72 valence electrons. The van der Waals surface area contributed by atoms with Crippen LogP contribution >= 0.6 is 0 Å². The van der Waals surface area contributed by atoms with Crippen molar-refractivity contribution in [1.29, 1.82) is 0 Å². The molecule has 0 aromatic heterocycles. The van der Waals surface area contributed by atoms with Crippen LogP contribution in [0.5, 0.6) is 0 Å². The maximum absolute atomic E-state index is 9.51. The molecule has 0 aromatic rings. The number of hydrogen-bond donors (Lipinski definition) is 2. The molecule has 1 rings (SSSR count). The molecule has 0 bridgehead atoms. The summed E-state index contributed by atoms with van der Waals surface area (Å²) in [7, 11) is 2.88. The van der Waals surface area contributed by atoms with Crippen molar-refractivity contribution in [2.75, 3.05) is 20.8 Å². The highest BCUT2D eigenvalue weighted by Crippen LogP contribution is 2.17. The number of ether oxygens (including phenoxy) is 3. The van der Waals surface area contributed by atoms with E-state index in [9.17, 15) is 10.2 Å². The van der Waals surface area contributed by atoms with Crippen LogP contribution in [-0.4, -0.2) is 55.6 Å². The van der Waals surface area contributed by atoms with E-state index in [2.05, 4.69) is 0 Å². The van der Waals surface area contributed by atoms with E-state index < -0.39 is 24.6 Å². The van der Waals surface area contributed by atoms with Crippen LogP contribution in [0.25, 0.3) is 0 Å². The van der Waals surface area contributed by atoms with Crippen molar-refractivity contribution in [3.63, 3.8) is 0 Å². The van der Waals surface area contributed by atoms with E-state index in [1.54, 1.807) is 0 Å². The molecule has 1 saturated heterocycles. The van der Waals surface area contributed by atoms with Crippen LogP contribution in [0.4, 0.5) is 0 Å². The minimum atomic E-state index is -1.07. The predicted octanol–water partition coefficient (Wildman–Crippen LogP) is -1.27. The zero-order valence-corrected chi connectivity index (χ0v) is 7.14. The van der Waals surface area contributed by atoms with E-state index in [1.807, 2.05) is 0 Å².